The molecule has 0 saturated heterocycles. The number of methoxy groups -OCH3 is 1. The average Bonchev–Trinajstić information content (AvgIpc) is 3.12. The zero-order valence-electron chi connectivity index (χ0n) is 14.3. The molecule has 2 heterocycles. The molecule has 0 aliphatic rings. The van der Waals surface area contributed by atoms with Gasteiger partial charge in [-0.2, -0.15) is 5.10 Å². The maximum absolute atomic E-state index is 12.5. The first kappa shape index (κ1) is 16.5. The number of rotatable bonds is 5. The predicted molar refractivity (Wildman–Crippen MR) is 96.6 cm³/mol. The van der Waals surface area contributed by atoms with Crippen molar-refractivity contribution in [3.05, 3.63) is 60.6 Å². The van der Waals surface area contributed by atoms with E-state index in [9.17, 15) is 4.79 Å². The Balaban J connectivity index is 1.79. The highest BCUT2D eigenvalue weighted by atomic mass is 16.5. The average molecular weight is 337 g/mol. The first-order valence-corrected chi connectivity index (χ1v) is 7.72. The molecular formula is C18H19N5O2. The molecule has 2 aromatic heterocycles. The Bertz CT molecular complexity index is 871. The number of hydrogen-bond acceptors (Lipinski definition) is 5. The van der Waals surface area contributed by atoms with E-state index in [4.69, 9.17) is 4.74 Å². The molecule has 128 valence electrons. The van der Waals surface area contributed by atoms with Gasteiger partial charge in [-0.1, -0.05) is 0 Å². The molecule has 0 fully saturated rings. The monoisotopic (exact) mass is 337 g/mol. The standard InChI is InChI=1S/C18H19N5O2/c1-22(2)17-15(5-4-11-19-17)20-18(24)16-10-12-23(21-16)13-6-8-14(25-3)9-7-13/h4-12H,1-3H3,(H,20,24). The number of carbonyl (C=O) groups excluding carboxylic acids is 1. The molecule has 0 spiro atoms. The summed E-state index contributed by atoms with van der Waals surface area (Å²) in [6, 6.07) is 12.7. The van der Waals surface area contributed by atoms with Gasteiger partial charge < -0.3 is 15.0 Å². The number of benzene rings is 1. The van der Waals surface area contributed by atoms with Crippen LogP contribution in [-0.4, -0.2) is 41.9 Å². The lowest BCUT2D eigenvalue weighted by Crippen LogP contribution is -2.18. The van der Waals surface area contributed by atoms with E-state index in [1.165, 1.54) is 0 Å². The molecule has 25 heavy (non-hydrogen) atoms. The molecule has 0 saturated carbocycles. The zero-order valence-corrected chi connectivity index (χ0v) is 14.3. The van der Waals surface area contributed by atoms with E-state index in [1.54, 1.807) is 42.4 Å². The quantitative estimate of drug-likeness (QED) is 0.775. The van der Waals surface area contributed by atoms with Crippen LogP contribution in [0.2, 0.25) is 0 Å². The molecule has 1 N–H and O–H groups in total. The highest BCUT2D eigenvalue weighted by Gasteiger charge is 2.14. The van der Waals surface area contributed by atoms with Gasteiger partial charge >= 0.3 is 0 Å². The van der Waals surface area contributed by atoms with Gasteiger partial charge in [0.25, 0.3) is 5.91 Å². The summed E-state index contributed by atoms with van der Waals surface area (Å²) in [6.07, 6.45) is 3.43. The van der Waals surface area contributed by atoms with Crippen molar-refractivity contribution in [2.24, 2.45) is 0 Å². The largest absolute Gasteiger partial charge is 0.497 e. The minimum Gasteiger partial charge on any atom is -0.497 e. The number of pyridine rings is 1. The van der Waals surface area contributed by atoms with E-state index < -0.39 is 0 Å². The molecular weight excluding hydrogens is 318 g/mol. The van der Waals surface area contributed by atoms with Crippen molar-refractivity contribution >= 4 is 17.4 Å². The molecule has 0 aliphatic heterocycles. The number of ether oxygens (including phenoxy) is 1. The van der Waals surface area contributed by atoms with E-state index in [1.807, 2.05) is 43.3 Å². The van der Waals surface area contributed by atoms with E-state index in [0.717, 1.165) is 11.4 Å². The van der Waals surface area contributed by atoms with E-state index >= 15 is 0 Å². The number of nitrogens with one attached hydrogen (secondary N) is 1. The first-order chi connectivity index (χ1) is 12.1. The molecule has 0 bridgehead atoms. The smallest absolute Gasteiger partial charge is 0.276 e. The van der Waals surface area contributed by atoms with Crippen LogP contribution in [0.15, 0.2) is 54.9 Å². The van der Waals surface area contributed by atoms with Gasteiger partial charge in [-0.05, 0) is 42.5 Å². The number of aromatic nitrogens is 3. The van der Waals surface area contributed by atoms with Crippen LogP contribution < -0.4 is 15.0 Å². The van der Waals surface area contributed by atoms with E-state index in [0.29, 0.717) is 17.2 Å². The highest BCUT2D eigenvalue weighted by Crippen LogP contribution is 2.21. The Morgan fingerprint density at radius 3 is 2.60 bits per heavy atom. The number of hydrogen-bond donors (Lipinski definition) is 1. The fraction of sp³-hybridized carbons (Fsp3) is 0.167. The maximum atomic E-state index is 12.5. The van der Waals surface area contributed by atoms with Gasteiger partial charge in [-0.15, -0.1) is 0 Å². The molecule has 7 nitrogen and oxygen atoms in total. The van der Waals surface area contributed by atoms with Crippen LogP contribution >= 0.6 is 0 Å². The lowest BCUT2D eigenvalue weighted by molar-refractivity contribution is 0.102. The Morgan fingerprint density at radius 2 is 1.92 bits per heavy atom. The molecule has 1 amide bonds. The third kappa shape index (κ3) is 3.60. The fourth-order valence-electron chi connectivity index (χ4n) is 2.36. The first-order valence-electron chi connectivity index (χ1n) is 7.72. The number of amides is 1. The zero-order chi connectivity index (χ0) is 17.8. The van der Waals surface area contributed by atoms with Crippen LogP contribution in [0.3, 0.4) is 0 Å². The summed E-state index contributed by atoms with van der Waals surface area (Å²) in [4.78, 5) is 18.6. The lowest BCUT2D eigenvalue weighted by atomic mass is 10.3. The predicted octanol–water partition coefficient (Wildman–Crippen LogP) is 2.59. The summed E-state index contributed by atoms with van der Waals surface area (Å²) in [5, 5.41) is 7.19. The normalized spacial score (nSPS) is 10.4. The van der Waals surface area contributed by atoms with Crippen molar-refractivity contribution in [3.63, 3.8) is 0 Å². The van der Waals surface area contributed by atoms with Gasteiger partial charge in [-0.25, -0.2) is 9.67 Å². The van der Waals surface area contributed by atoms with Gasteiger partial charge in [-0.3, -0.25) is 4.79 Å². The number of carbonyl (C=O) groups is 1. The van der Waals surface area contributed by atoms with Crippen molar-refractivity contribution in [2.45, 2.75) is 0 Å². The molecule has 3 rings (SSSR count). The molecule has 0 unspecified atom stereocenters. The summed E-state index contributed by atoms with van der Waals surface area (Å²) < 4.78 is 6.78. The highest BCUT2D eigenvalue weighted by molar-refractivity contribution is 6.04. The van der Waals surface area contributed by atoms with Crippen molar-refractivity contribution in [1.82, 2.24) is 14.8 Å². The Morgan fingerprint density at radius 1 is 1.16 bits per heavy atom. The summed E-state index contributed by atoms with van der Waals surface area (Å²) in [5.74, 6) is 1.16. The van der Waals surface area contributed by atoms with Crippen LogP contribution in [-0.2, 0) is 0 Å². The summed E-state index contributed by atoms with van der Waals surface area (Å²) >= 11 is 0. The van der Waals surface area contributed by atoms with Gasteiger partial charge in [0.2, 0.25) is 0 Å². The SMILES string of the molecule is COc1ccc(-n2ccc(C(=O)Nc3cccnc3N(C)C)n2)cc1. The van der Waals surface area contributed by atoms with Gasteiger partial charge in [0, 0.05) is 26.5 Å². The third-order valence-electron chi connectivity index (χ3n) is 3.62. The molecule has 1 aromatic carbocycles. The molecule has 0 aliphatic carbocycles. The van der Waals surface area contributed by atoms with E-state index in [2.05, 4.69) is 15.4 Å². The number of nitrogens with zero attached hydrogens (tertiary/aromatic N) is 4. The minimum atomic E-state index is -0.289. The molecule has 0 atom stereocenters. The second kappa shape index (κ2) is 7.04. The van der Waals surface area contributed by atoms with Gasteiger partial charge in [0.15, 0.2) is 11.5 Å². The maximum Gasteiger partial charge on any atom is 0.276 e. The Kier molecular flexibility index (Phi) is 4.65. The molecule has 0 radical (unpaired) electrons. The van der Waals surface area contributed by atoms with Gasteiger partial charge in [0.05, 0.1) is 18.5 Å². The second-order valence-electron chi connectivity index (χ2n) is 5.57. The Hall–Kier alpha value is -3.35. The van der Waals surface area contributed by atoms with Crippen LogP contribution in [0.5, 0.6) is 5.75 Å². The lowest BCUT2D eigenvalue weighted by Gasteiger charge is -2.15. The Labute approximate surface area is 145 Å². The van der Waals surface area contributed by atoms with Crippen LogP contribution in [0.25, 0.3) is 5.69 Å². The summed E-state index contributed by atoms with van der Waals surface area (Å²) in [5.41, 5.74) is 1.80. The van der Waals surface area contributed by atoms with E-state index in [-0.39, 0.29) is 5.91 Å². The minimum absolute atomic E-state index is 0.289. The summed E-state index contributed by atoms with van der Waals surface area (Å²) in [6.45, 7) is 0. The van der Waals surface area contributed by atoms with Crippen molar-refractivity contribution in [2.75, 3.05) is 31.4 Å². The van der Waals surface area contributed by atoms with Crippen LogP contribution in [0.4, 0.5) is 11.5 Å². The molecule has 3 aromatic rings. The summed E-state index contributed by atoms with van der Waals surface area (Å²) in [7, 11) is 5.36. The topological polar surface area (TPSA) is 72.3 Å². The second-order valence-corrected chi connectivity index (χ2v) is 5.57. The van der Waals surface area contributed by atoms with Crippen LogP contribution in [0, 0.1) is 0 Å². The third-order valence-corrected chi connectivity index (χ3v) is 3.62. The van der Waals surface area contributed by atoms with Crippen molar-refractivity contribution in [3.8, 4) is 11.4 Å². The van der Waals surface area contributed by atoms with Gasteiger partial charge in [0.1, 0.15) is 5.75 Å². The number of anilines is 2. The van der Waals surface area contributed by atoms with Crippen molar-refractivity contribution in [1.29, 1.82) is 0 Å². The van der Waals surface area contributed by atoms with Crippen molar-refractivity contribution < 1.29 is 9.53 Å². The fourth-order valence-corrected chi connectivity index (χ4v) is 2.36. The molecule has 7 heteroatoms. The van der Waals surface area contributed by atoms with Crippen LogP contribution in [0.1, 0.15) is 10.5 Å².